The zero-order chi connectivity index (χ0) is 40.0. The lowest BCUT2D eigenvalue weighted by atomic mass is 9.99. The summed E-state index contributed by atoms with van der Waals surface area (Å²) in [6, 6.07) is 0. The summed E-state index contributed by atoms with van der Waals surface area (Å²) in [7, 11) is -4.78. The minimum absolute atomic E-state index is 0.156. The molecule has 0 bridgehead atoms. The molecule has 0 amide bonds. The fourth-order valence-corrected chi connectivity index (χ4v) is 6.01. The Kier molecular flexibility index (Phi) is 36.0. The van der Waals surface area contributed by atoms with Crippen molar-refractivity contribution in [3.05, 3.63) is 60.8 Å². The summed E-state index contributed by atoms with van der Waals surface area (Å²) in [6.45, 7) is 5.82. The van der Waals surface area contributed by atoms with Gasteiger partial charge in [-0.2, -0.15) is 0 Å². The lowest BCUT2D eigenvalue weighted by molar-refractivity contribution is -0.161. The van der Waals surface area contributed by atoms with E-state index in [4.69, 9.17) is 19.3 Å². The van der Waals surface area contributed by atoms with Crippen LogP contribution < -0.4 is 0 Å². The van der Waals surface area contributed by atoms with Gasteiger partial charge >= 0.3 is 19.8 Å². The van der Waals surface area contributed by atoms with Crippen molar-refractivity contribution in [1.29, 1.82) is 0 Å². The average Bonchev–Trinajstić information content (AvgIpc) is 3.14. The van der Waals surface area contributed by atoms with Gasteiger partial charge in [-0.15, -0.1) is 0 Å². The predicted molar refractivity (Wildman–Crippen MR) is 222 cm³/mol. The number of rotatable bonds is 37. The number of unbranched alkanes of at least 4 members (excludes halogenated alkanes) is 14. The molecule has 9 nitrogen and oxygen atoms in total. The number of aliphatic hydroxyl groups excluding tert-OH is 1. The van der Waals surface area contributed by atoms with Crippen LogP contribution in [-0.2, 0) is 28.2 Å². The normalized spacial score (nSPS) is 14.3. The van der Waals surface area contributed by atoms with Gasteiger partial charge in [0.15, 0.2) is 6.10 Å². The van der Waals surface area contributed by atoms with Gasteiger partial charge in [0, 0.05) is 12.8 Å². The Labute approximate surface area is 329 Å². The Morgan fingerprint density at radius 3 is 1.81 bits per heavy atom. The maximum atomic E-state index is 12.4. The zero-order valence-electron chi connectivity index (χ0n) is 34.1. The van der Waals surface area contributed by atoms with Crippen LogP contribution >= 0.6 is 7.82 Å². The van der Waals surface area contributed by atoms with Crippen LogP contribution in [-0.4, -0.2) is 52.3 Å². The summed E-state index contributed by atoms with van der Waals surface area (Å²) in [5.41, 5.74) is 0. The summed E-state index contributed by atoms with van der Waals surface area (Å²) in [5.74, 6) is -0.118. The Hall–Kier alpha value is -2.29. The molecule has 312 valence electrons. The van der Waals surface area contributed by atoms with E-state index in [1.807, 2.05) is 42.5 Å². The van der Waals surface area contributed by atoms with Crippen LogP contribution in [0.5, 0.6) is 0 Å². The molecular weight excluding hydrogens is 703 g/mol. The number of allylic oxidation sites excluding steroid dienone is 8. The standard InChI is InChI=1S/C44H77O9P/c1-4-6-7-8-24-29-34-41(45)35-30-25-20-17-18-21-26-31-36-43(46)51-38-42(39-52-54(48,49)50)53-44(47)37-32-27-22-16-14-12-10-9-11-13-15-19-23-28-33-40(3)5-2/h6-7,18,20-21,24-25,29-30,35,40-42,45H,4-5,8-17,19,22-23,26-28,31-34,36-39H2,1-3H3,(H2,48,49,50)/b7-6-,21-18-,25-20-,29-24-,35-30+/t40?,41?,42-/m1/s1. The topological polar surface area (TPSA) is 140 Å². The van der Waals surface area contributed by atoms with Crippen LogP contribution in [0.1, 0.15) is 175 Å². The lowest BCUT2D eigenvalue weighted by Crippen LogP contribution is -2.29. The average molecular weight is 781 g/mol. The maximum absolute atomic E-state index is 12.4. The van der Waals surface area contributed by atoms with Crippen LogP contribution in [0.3, 0.4) is 0 Å². The van der Waals surface area contributed by atoms with E-state index in [-0.39, 0.29) is 19.4 Å². The minimum atomic E-state index is -4.78. The van der Waals surface area contributed by atoms with E-state index >= 15 is 0 Å². The van der Waals surface area contributed by atoms with Gasteiger partial charge in [-0.3, -0.25) is 14.1 Å². The van der Waals surface area contributed by atoms with Crippen molar-refractivity contribution in [2.45, 2.75) is 187 Å². The summed E-state index contributed by atoms with van der Waals surface area (Å²) < 4.78 is 26.3. The van der Waals surface area contributed by atoms with E-state index in [0.29, 0.717) is 25.7 Å². The van der Waals surface area contributed by atoms with Crippen molar-refractivity contribution >= 4 is 19.8 Å². The first kappa shape index (κ1) is 51.7. The highest BCUT2D eigenvalue weighted by Crippen LogP contribution is 2.36. The fourth-order valence-electron chi connectivity index (χ4n) is 5.65. The van der Waals surface area contributed by atoms with Crippen molar-refractivity contribution in [3.63, 3.8) is 0 Å². The van der Waals surface area contributed by atoms with Gasteiger partial charge in [0.25, 0.3) is 0 Å². The van der Waals surface area contributed by atoms with E-state index in [0.717, 1.165) is 44.4 Å². The molecule has 0 rings (SSSR count). The number of hydrogen-bond donors (Lipinski definition) is 3. The van der Waals surface area contributed by atoms with Crippen LogP contribution in [0, 0.1) is 5.92 Å². The second-order valence-corrected chi connectivity index (χ2v) is 15.6. The molecule has 3 N–H and O–H groups in total. The molecule has 0 aliphatic rings. The van der Waals surface area contributed by atoms with Gasteiger partial charge < -0.3 is 24.4 Å². The molecule has 0 spiro atoms. The first-order chi connectivity index (χ1) is 26.1. The maximum Gasteiger partial charge on any atom is 0.469 e. The van der Waals surface area contributed by atoms with Gasteiger partial charge in [0.05, 0.1) is 12.7 Å². The van der Waals surface area contributed by atoms with Gasteiger partial charge in [-0.25, -0.2) is 4.57 Å². The van der Waals surface area contributed by atoms with E-state index in [2.05, 4.69) is 37.4 Å². The molecule has 3 atom stereocenters. The molecule has 0 aromatic heterocycles. The number of aliphatic hydroxyl groups is 1. The third-order valence-electron chi connectivity index (χ3n) is 9.17. The molecule has 0 radical (unpaired) electrons. The molecular formula is C44H77O9P. The quantitative estimate of drug-likeness (QED) is 0.0185. The first-order valence-electron chi connectivity index (χ1n) is 21.1. The number of carbonyl (C=O) groups excluding carboxylic acids is 2. The highest BCUT2D eigenvalue weighted by molar-refractivity contribution is 7.46. The fraction of sp³-hybridized carbons (Fsp3) is 0.727. The van der Waals surface area contributed by atoms with Crippen molar-refractivity contribution < 1.29 is 43.0 Å². The van der Waals surface area contributed by atoms with E-state index in [1.54, 1.807) is 6.08 Å². The van der Waals surface area contributed by atoms with Crippen molar-refractivity contribution in [2.75, 3.05) is 13.2 Å². The van der Waals surface area contributed by atoms with Gasteiger partial charge in [-0.05, 0) is 50.9 Å². The number of phosphoric ester groups is 1. The number of esters is 2. The minimum Gasteiger partial charge on any atom is -0.462 e. The molecule has 0 saturated carbocycles. The molecule has 0 aliphatic carbocycles. The molecule has 0 heterocycles. The van der Waals surface area contributed by atoms with Crippen LogP contribution in [0.4, 0.5) is 0 Å². The highest BCUT2D eigenvalue weighted by Gasteiger charge is 2.22. The Morgan fingerprint density at radius 2 is 1.20 bits per heavy atom. The molecule has 0 fully saturated rings. The monoisotopic (exact) mass is 781 g/mol. The largest absolute Gasteiger partial charge is 0.469 e. The number of ether oxygens (including phenoxy) is 2. The number of hydrogen-bond acceptors (Lipinski definition) is 7. The zero-order valence-corrected chi connectivity index (χ0v) is 35.0. The van der Waals surface area contributed by atoms with E-state index in [1.165, 1.54) is 77.0 Å². The third kappa shape index (κ3) is 39.4. The van der Waals surface area contributed by atoms with E-state index < -0.39 is 38.6 Å². The summed E-state index contributed by atoms with van der Waals surface area (Å²) in [6.07, 6.45) is 42.6. The third-order valence-corrected chi connectivity index (χ3v) is 9.66. The Morgan fingerprint density at radius 1 is 0.648 bits per heavy atom. The molecule has 0 aliphatic heterocycles. The predicted octanol–water partition coefficient (Wildman–Crippen LogP) is 11.7. The van der Waals surface area contributed by atoms with Gasteiger partial charge in [0.1, 0.15) is 6.61 Å². The summed E-state index contributed by atoms with van der Waals surface area (Å²) in [4.78, 5) is 42.8. The molecule has 2 unspecified atom stereocenters. The second kappa shape index (κ2) is 37.6. The van der Waals surface area contributed by atoms with Crippen molar-refractivity contribution in [2.24, 2.45) is 5.92 Å². The summed E-state index contributed by atoms with van der Waals surface area (Å²) >= 11 is 0. The Bertz CT molecular complexity index is 1090. The SMILES string of the molecule is CC/C=C\C/C=C\CC(O)/C=C/C=C\C/C=C\CCCC(=O)OC[C@H](COP(=O)(O)O)OC(=O)CCCCCCCCCCCCCCCCC(C)CC. The number of phosphoric acid groups is 1. The molecule has 0 aromatic carbocycles. The Balaban J connectivity index is 4.07. The van der Waals surface area contributed by atoms with Gasteiger partial charge in [-0.1, -0.05) is 178 Å². The van der Waals surface area contributed by atoms with E-state index in [9.17, 15) is 19.3 Å². The summed E-state index contributed by atoms with van der Waals surface area (Å²) in [5, 5.41) is 9.98. The molecule has 10 heteroatoms. The lowest BCUT2D eigenvalue weighted by Gasteiger charge is -2.18. The smallest absolute Gasteiger partial charge is 0.462 e. The number of carbonyl (C=O) groups is 2. The molecule has 0 saturated heterocycles. The van der Waals surface area contributed by atoms with Crippen molar-refractivity contribution in [3.8, 4) is 0 Å². The van der Waals surface area contributed by atoms with Crippen LogP contribution in [0.15, 0.2) is 60.8 Å². The van der Waals surface area contributed by atoms with Gasteiger partial charge in [0.2, 0.25) is 0 Å². The highest BCUT2D eigenvalue weighted by atomic mass is 31.2. The second-order valence-electron chi connectivity index (χ2n) is 14.4. The van der Waals surface area contributed by atoms with Crippen LogP contribution in [0.25, 0.3) is 0 Å². The van der Waals surface area contributed by atoms with Crippen molar-refractivity contribution in [1.82, 2.24) is 0 Å². The van der Waals surface area contributed by atoms with Crippen LogP contribution in [0.2, 0.25) is 0 Å². The first-order valence-corrected chi connectivity index (χ1v) is 22.6. The molecule has 0 aromatic rings. The molecule has 54 heavy (non-hydrogen) atoms.